The SMILES string of the molecule is Bc1sccc1/C1=C(\C)N(C2=CC(C(F)(F)F)=CCC2)C(=O)N(C)COC1. The molecule has 0 unspecified atom stereocenters. The van der Waals surface area contributed by atoms with Crippen molar-refractivity contribution in [3.63, 3.8) is 0 Å². The van der Waals surface area contributed by atoms with Gasteiger partial charge in [0.2, 0.25) is 0 Å². The van der Waals surface area contributed by atoms with E-state index >= 15 is 0 Å². The molecular formula is C18H20BF3N2O2S. The zero-order valence-electron chi connectivity index (χ0n) is 15.4. The zero-order chi connectivity index (χ0) is 19.8. The lowest BCUT2D eigenvalue weighted by atomic mass is 9.95. The summed E-state index contributed by atoms with van der Waals surface area (Å²) in [5.41, 5.74) is 2.02. The minimum Gasteiger partial charge on any atom is -0.356 e. The molecule has 2 aliphatic rings. The van der Waals surface area contributed by atoms with Crippen molar-refractivity contribution in [2.45, 2.75) is 25.9 Å². The van der Waals surface area contributed by atoms with Crippen LogP contribution in [0.15, 0.2) is 40.6 Å². The summed E-state index contributed by atoms with van der Waals surface area (Å²) < 4.78 is 46.3. The van der Waals surface area contributed by atoms with Gasteiger partial charge in [-0.15, -0.1) is 0 Å². The summed E-state index contributed by atoms with van der Waals surface area (Å²) in [4.78, 5) is 15.7. The molecule has 0 N–H and O–H groups in total. The number of urea groups is 1. The number of nitrogens with zero attached hydrogens (tertiary/aromatic N) is 2. The highest BCUT2D eigenvalue weighted by atomic mass is 32.1. The average Bonchev–Trinajstić information content (AvgIpc) is 3.03. The Morgan fingerprint density at radius 3 is 2.70 bits per heavy atom. The third-order valence-electron chi connectivity index (χ3n) is 4.71. The molecule has 0 atom stereocenters. The van der Waals surface area contributed by atoms with E-state index in [4.69, 9.17) is 4.74 Å². The summed E-state index contributed by atoms with van der Waals surface area (Å²) in [6.45, 7) is 2.12. The first-order valence-electron chi connectivity index (χ1n) is 8.55. The van der Waals surface area contributed by atoms with E-state index < -0.39 is 17.8 Å². The van der Waals surface area contributed by atoms with Crippen LogP contribution >= 0.6 is 11.3 Å². The van der Waals surface area contributed by atoms with Gasteiger partial charge in [0.05, 0.1) is 12.2 Å². The van der Waals surface area contributed by atoms with Gasteiger partial charge < -0.3 is 9.64 Å². The van der Waals surface area contributed by atoms with Crippen molar-refractivity contribution in [3.05, 3.63) is 46.1 Å². The first-order valence-corrected chi connectivity index (χ1v) is 9.43. The number of hydrogen-bond donors (Lipinski definition) is 0. The fourth-order valence-electron chi connectivity index (χ4n) is 3.26. The van der Waals surface area contributed by atoms with Gasteiger partial charge in [-0.3, -0.25) is 4.90 Å². The predicted octanol–water partition coefficient (Wildman–Crippen LogP) is 3.25. The van der Waals surface area contributed by atoms with E-state index in [9.17, 15) is 18.0 Å². The van der Waals surface area contributed by atoms with Crippen molar-refractivity contribution >= 4 is 35.6 Å². The normalized spacial score (nSPS) is 22.3. The van der Waals surface area contributed by atoms with Crippen molar-refractivity contribution in [2.75, 3.05) is 20.4 Å². The Kier molecular flexibility index (Phi) is 5.53. The highest BCUT2D eigenvalue weighted by Gasteiger charge is 2.36. The van der Waals surface area contributed by atoms with Crippen LogP contribution in [-0.4, -0.2) is 50.2 Å². The fraction of sp³-hybridized carbons (Fsp3) is 0.389. The van der Waals surface area contributed by atoms with Crippen LogP contribution in [0.4, 0.5) is 18.0 Å². The lowest BCUT2D eigenvalue weighted by Gasteiger charge is -2.35. The molecule has 1 aliphatic heterocycles. The summed E-state index contributed by atoms with van der Waals surface area (Å²) in [5, 5.41) is 1.95. The molecule has 1 aromatic rings. The summed E-state index contributed by atoms with van der Waals surface area (Å²) in [6.07, 6.45) is -1.57. The predicted molar refractivity (Wildman–Crippen MR) is 102 cm³/mol. The molecule has 0 fully saturated rings. The lowest BCUT2D eigenvalue weighted by molar-refractivity contribution is -0.0888. The smallest absolute Gasteiger partial charge is 0.356 e. The molecule has 3 rings (SSSR count). The molecule has 4 nitrogen and oxygen atoms in total. The number of ether oxygens (including phenoxy) is 1. The van der Waals surface area contributed by atoms with Gasteiger partial charge in [0.1, 0.15) is 6.73 Å². The molecule has 1 aliphatic carbocycles. The first-order chi connectivity index (χ1) is 12.7. The second-order valence-corrected chi connectivity index (χ2v) is 7.70. The van der Waals surface area contributed by atoms with E-state index in [0.717, 1.165) is 22.0 Å². The minimum absolute atomic E-state index is 0.0740. The monoisotopic (exact) mass is 396 g/mol. The Hall–Kier alpha value is -2.00. The molecule has 0 radical (unpaired) electrons. The Bertz CT molecular complexity index is 842. The third kappa shape index (κ3) is 3.99. The third-order valence-corrected chi connectivity index (χ3v) is 5.55. The van der Waals surface area contributed by atoms with E-state index in [1.165, 1.54) is 15.9 Å². The Morgan fingerprint density at radius 2 is 2.07 bits per heavy atom. The van der Waals surface area contributed by atoms with E-state index in [1.54, 1.807) is 25.3 Å². The van der Waals surface area contributed by atoms with Crippen LogP contribution in [-0.2, 0) is 4.74 Å². The number of allylic oxidation sites excluding steroid dienone is 5. The van der Waals surface area contributed by atoms with Crippen molar-refractivity contribution in [3.8, 4) is 0 Å². The van der Waals surface area contributed by atoms with E-state index in [0.29, 0.717) is 17.8 Å². The van der Waals surface area contributed by atoms with Crippen molar-refractivity contribution < 1.29 is 22.7 Å². The molecular weight excluding hydrogens is 376 g/mol. The summed E-state index contributed by atoms with van der Waals surface area (Å²) in [5.74, 6) is 0. The Labute approximate surface area is 161 Å². The summed E-state index contributed by atoms with van der Waals surface area (Å²) >= 11 is 1.58. The lowest BCUT2D eigenvalue weighted by Crippen LogP contribution is -2.43. The Balaban J connectivity index is 2.12. The van der Waals surface area contributed by atoms with Crippen LogP contribution in [0.2, 0.25) is 0 Å². The van der Waals surface area contributed by atoms with Crippen LogP contribution in [0.1, 0.15) is 25.3 Å². The topological polar surface area (TPSA) is 32.8 Å². The maximum absolute atomic E-state index is 13.2. The second-order valence-electron chi connectivity index (χ2n) is 6.58. The standard InChI is InChI=1S/C18H20BF3N2O2S/c1-11-15(14-6-7-27-16(14)19)9-26-10-23(2)17(25)24(11)13-5-3-4-12(8-13)18(20,21)22/h4,6-8H,3,5,9-10,19H2,1-2H3/b15-11+. The van der Waals surface area contributed by atoms with Crippen molar-refractivity contribution in [1.29, 1.82) is 0 Å². The van der Waals surface area contributed by atoms with Crippen LogP contribution in [0, 0.1) is 0 Å². The number of amides is 2. The number of rotatable bonds is 2. The van der Waals surface area contributed by atoms with Crippen LogP contribution in [0.5, 0.6) is 0 Å². The molecule has 2 heterocycles. The van der Waals surface area contributed by atoms with Crippen molar-refractivity contribution in [2.24, 2.45) is 0 Å². The summed E-state index contributed by atoms with van der Waals surface area (Å²) in [6, 6.07) is 1.55. The number of hydrogen-bond acceptors (Lipinski definition) is 3. The second kappa shape index (κ2) is 7.56. The van der Waals surface area contributed by atoms with Crippen LogP contribution in [0.25, 0.3) is 5.57 Å². The molecule has 27 heavy (non-hydrogen) atoms. The molecule has 0 saturated carbocycles. The van der Waals surface area contributed by atoms with Gasteiger partial charge in [-0.2, -0.15) is 24.5 Å². The molecule has 2 amide bonds. The Morgan fingerprint density at radius 1 is 1.33 bits per heavy atom. The van der Waals surface area contributed by atoms with E-state index in [1.807, 2.05) is 19.3 Å². The minimum atomic E-state index is -4.43. The van der Waals surface area contributed by atoms with Gasteiger partial charge in [0, 0.05) is 24.0 Å². The highest BCUT2D eigenvalue weighted by molar-refractivity contribution is 7.18. The van der Waals surface area contributed by atoms with E-state index in [-0.39, 0.29) is 19.8 Å². The zero-order valence-corrected chi connectivity index (χ0v) is 16.2. The summed E-state index contributed by atoms with van der Waals surface area (Å²) in [7, 11) is 3.55. The maximum atomic E-state index is 13.2. The molecule has 1 aromatic heterocycles. The average molecular weight is 396 g/mol. The molecule has 144 valence electrons. The van der Waals surface area contributed by atoms with Gasteiger partial charge in [0.25, 0.3) is 0 Å². The molecule has 0 bridgehead atoms. The number of carbonyl (C=O) groups is 1. The van der Waals surface area contributed by atoms with Crippen LogP contribution < -0.4 is 4.78 Å². The van der Waals surface area contributed by atoms with Gasteiger partial charge in [-0.1, -0.05) is 6.08 Å². The fourth-order valence-corrected chi connectivity index (χ4v) is 3.99. The number of carbonyl (C=O) groups excluding carboxylic acids is 1. The van der Waals surface area contributed by atoms with E-state index in [2.05, 4.69) is 0 Å². The number of thiophene rings is 1. The van der Waals surface area contributed by atoms with Gasteiger partial charge in [-0.25, -0.2) is 4.79 Å². The highest BCUT2D eigenvalue weighted by Crippen LogP contribution is 2.35. The number of halogens is 3. The van der Waals surface area contributed by atoms with Crippen molar-refractivity contribution in [1.82, 2.24) is 9.80 Å². The molecule has 9 heteroatoms. The van der Waals surface area contributed by atoms with Gasteiger partial charge in [-0.05, 0) is 47.6 Å². The maximum Gasteiger partial charge on any atom is 0.416 e. The largest absolute Gasteiger partial charge is 0.416 e. The molecule has 0 spiro atoms. The van der Waals surface area contributed by atoms with Gasteiger partial charge in [0.15, 0.2) is 7.85 Å². The van der Waals surface area contributed by atoms with Gasteiger partial charge >= 0.3 is 12.2 Å². The first kappa shape index (κ1) is 19.8. The molecule has 0 saturated heterocycles. The molecule has 0 aromatic carbocycles. The quantitative estimate of drug-likeness (QED) is 0.720. The van der Waals surface area contributed by atoms with Crippen LogP contribution in [0.3, 0.4) is 0 Å². The number of alkyl halides is 3.